The van der Waals surface area contributed by atoms with E-state index in [1.165, 1.54) is 0 Å². The standard InChI is InChI=1S/C18H13Cl2NO3/c19-12-3-1-11(2-4-12)9-13-5-6-14-15(20)7-8-16(18(14)21-13)24-10-17(22)23/h1-8H,9-10H2,(H,22,23). The van der Waals surface area contributed by atoms with Crippen molar-refractivity contribution in [2.24, 2.45) is 0 Å². The minimum absolute atomic E-state index is 0.398. The van der Waals surface area contributed by atoms with E-state index >= 15 is 0 Å². The van der Waals surface area contributed by atoms with Crippen molar-refractivity contribution in [2.45, 2.75) is 6.42 Å². The number of pyridine rings is 1. The van der Waals surface area contributed by atoms with E-state index in [1.54, 1.807) is 12.1 Å². The van der Waals surface area contributed by atoms with Gasteiger partial charge in [-0.05, 0) is 42.0 Å². The Labute approximate surface area is 148 Å². The molecule has 3 rings (SSSR count). The van der Waals surface area contributed by atoms with Gasteiger partial charge in [0.2, 0.25) is 0 Å². The van der Waals surface area contributed by atoms with E-state index in [0.717, 1.165) is 16.6 Å². The minimum Gasteiger partial charge on any atom is -0.480 e. The second-order valence-electron chi connectivity index (χ2n) is 5.23. The van der Waals surface area contributed by atoms with E-state index in [-0.39, 0.29) is 0 Å². The fraction of sp³-hybridized carbons (Fsp3) is 0.111. The topological polar surface area (TPSA) is 59.4 Å². The van der Waals surface area contributed by atoms with E-state index in [4.69, 9.17) is 33.0 Å². The van der Waals surface area contributed by atoms with Gasteiger partial charge in [0.25, 0.3) is 0 Å². The van der Waals surface area contributed by atoms with E-state index < -0.39 is 12.6 Å². The van der Waals surface area contributed by atoms with Crippen molar-refractivity contribution >= 4 is 40.1 Å². The maximum absolute atomic E-state index is 10.7. The Morgan fingerprint density at radius 2 is 1.79 bits per heavy atom. The van der Waals surface area contributed by atoms with Gasteiger partial charge in [-0.1, -0.05) is 35.3 Å². The van der Waals surface area contributed by atoms with Crippen LogP contribution in [0.5, 0.6) is 5.75 Å². The summed E-state index contributed by atoms with van der Waals surface area (Å²) in [4.78, 5) is 15.3. The van der Waals surface area contributed by atoms with Gasteiger partial charge >= 0.3 is 5.97 Å². The third-order valence-electron chi connectivity index (χ3n) is 3.47. The normalized spacial score (nSPS) is 10.8. The number of nitrogens with zero attached hydrogens (tertiary/aromatic N) is 1. The van der Waals surface area contributed by atoms with Gasteiger partial charge in [0, 0.05) is 22.5 Å². The Hall–Kier alpha value is -2.30. The Balaban J connectivity index is 1.97. The summed E-state index contributed by atoms with van der Waals surface area (Å²) in [5.41, 5.74) is 2.45. The maximum atomic E-state index is 10.7. The summed E-state index contributed by atoms with van der Waals surface area (Å²) in [5.74, 6) is -0.648. The molecule has 0 aliphatic carbocycles. The monoisotopic (exact) mass is 361 g/mol. The van der Waals surface area contributed by atoms with Gasteiger partial charge in [0.05, 0.1) is 5.02 Å². The second kappa shape index (κ2) is 7.07. The summed E-state index contributed by atoms with van der Waals surface area (Å²) in [6.45, 7) is -0.431. The van der Waals surface area contributed by atoms with Gasteiger partial charge in [-0.2, -0.15) is 0 Å². The van der Waals surface area contributed by atoms with Crippen LogP contribution < -0.4 is 4.74 Å². The molecule has 0 bridgehead atoms. The Kier molecular flexibility index (Phi) is 4.88. The fourth-order valence-electron chi connectivity index (χ4n) is 2.36. The number of halogens is 2. The van der Waals surface area contributed by atoms with Crippen LogP contribution in [0.25, 0.3) is 10.9 Å². The first-order valence-corrected chi connectivity index (χ1v) is 7.96. The summed E-state index contributed by atoms with van der Waals surface area (Å²) in [5, 5.41) is 10.7. The summed E-state index contributed by atoms with van der Waals surface area (Å²) in [6, 6.07) is 14.6. The van der Waals surface area contributed by atoms with Crippen LogP contribution in [0.1, 0.15) is 11.3 Å². The molecule has 0 atom stereocenters. The van der Waals surface area contributed by atoms with Crippen LogP contribution in [0.4, 0.5) is 0 Å². The van der Waals surface area contributed by atoms with Crippen molar-refractivity contribution < 1.29 is 14.6 Å². The number of carbonyl (C=O) groups is 1. The zero-order valence-corrected chi connectivity index (χ0v) is 14.0. The highest BCUT2D eigenvalue weighted by atomic mass is 35.5. The highest BCUT2D eigenvalue weighted by molar-refractivity contribution is 6.35. The van der Waals surface area contributed by atoms with Crippen LogP contribution in [0.2, 0.25) is 10.0 Å². The van der Waals surface area contributed by atoms with E-state index in [1.807, 2.05) is 36.4 Å². The molecule has 4 nitrogen and oxygen atoms in total. The first-order chi connectivity index (χ1) is 11.5. The summed E-state index contributed by atoms with van der Waals surface area (Å²) < 4.78 is 5.32. The SMILES string of the molecule is O=C(O)COc1ccc(Cl)c2ccc(Cc3ccc(Cl)cc3)nc12. The zero-order chi connectivity index (χ0) is 17.1. The average Bonchev–Trinajstić information content (AvgIpc) is 2.56. The number of hydrogen-bond acceptors (Lipinski definition) is 3. The smallest absolute Gasteiger partial charge is 0.341 e. The number of fused-ring (bicyclic) bond motifs is 1. The van der Waals surface area contributed by atoms with Crippen molar-refractivity contribution in [1.82, 2.24) is 4.98 Å². The van der Waals surface area contributed by atoms with Crippen LogP contribution in [0.3, 0.4) is 0 Å². The first-order valence-electron chi connectivity index (χ1n) is 7.20. The minimum atomic E-state index is -1.05. The molecule has 0 amide bonds. The summed E-state index contributed by atoms with van der Waals surface area (Å²) >= 11 is 12.1. The fourth-order valence-corrected chi connectivity index (χ4v) is 2.70. The third kappa shape index (κ3) is 3.78. The van der Waals surface area contributed by atoms with Gasteiger partial charge in [-0.3, -0.25) is 0 Å². The molecular formula is C18H13Cl2NO3. The molecule has 2 aromatic carbocycles. The van der Waals surface area contributed by atoms with Gasteiger partial charge in [0.1, 0.15) is 11.3 Å². The highest BCUT2D eigenvalue weighted by Gasteiger charge is 2.10. The molecule has 0 fully saturated rings. The zero-order valence-electron chi connectivity index (χ0n) is 12.5. The van der Waals surface area contributed by atoms with Crippen molar-refractivity contribution in [1.29, 1.82) is 0 Å². The average molecular weight is 362 g/mol. The molecule has 0 saturated carbocycles. The van der Waals surface area contributed by atoms with Crippen molar-refractivity contribution in [3.05, 3.63) is 69.8 Å². The Morgan fingerprint density at radius 3 is 2.50 bits per heavy atom. The molecule has 1 N–H and O–H groups in total. The lowest BCUT2D eigenvalue weighted by Crippen LogP contribution is -2.10. The molecular weight excluding hydrogens is 349 g/mol. The molecule has 0 radical (unpaired) electrons. The van der Waals surface area contributed by atoms with Crippen molar-refractivity contribution in [3.63, 3.8) is 0 Å². The molecule has 0 saturated heterocycles. The predicted molar refractivity (Wildman–Crippen MR) is 94.1 cm³/mol. The summed E-state index contributed by atoms with van der Waals surface area (Å²) in [6.07, 6.45) is 0.623. The molecule has 0 aliphatic rings. The van der Waals surface area contributed by atoms with E-state index in [9.17, 15) is 4.79 Å². The largest absolute Gasteiger partial charge is 0.480 e. The molecule has 1 heterocycles. The molecule has 6 heteroatoms. The molecule has 0 spiro atoms. The lowest BCUT2D eigenvalue weighted by molar-refractivity contribution is -0.139. The van der Waals surface area contributed by atoms with Gasteiger partial charge in [0.15, 0.2) is 6.61 Å². The number of carboxylic acid groups (broad SMARTS) is 1. The number of ether oxygens (including phenoxy) is 1. The second-order valence-corrected chi connectivity index (χ2v) is 6.07. The third-order valence-corrected chi connectivity index (χ3v) is 4.06. The number of hydrogen-bond donors (Lipinski definition) is 1. The molecule has 0 aliphatic heterocycles. The lowest BCUT2D eigenvalue weighted by atomic mass is 10.1. The molecule has 1 aromatic heterocycles. The number of aromatic nitrogens is 1. The van der Waals surface area contributed by atoms with E-state index in [2.05, 4.69) is 4.98 Å². The Morgan fingerprint density at radius 1 is 1.04 bits per heavy atom. The van der Waals surface area contributed by atoms with Crippen LogP contribution in [-0.2, 0) is 11.2 Å². The van der Waals surface area contributed by atoms with E-state index in [0.29, 0.717) is 27.7 Å². The van der Waals surface area contributed by atoms with Gasteiger partial charge in [-0.15, -0.1) is 0 Å². The molecule has 0 unspecified atom stereocenters. The first kappa shape index (κ1) is 16.6. The predicted octanol–water partition coefficient (Wildman–Crippen LogP) is 4.60. The molecule has 122 valence electrons. The number of carboxylic acids is 1. The van der Waals surface area contributed by atoms with Crippen LogP contribution in [-0.4, -0.2) is 22.7 Å². The van der Waals surface area contributed by atoms with Crippen molar-refractivity contribution in [3.8, 4) is 5.75 Å². The summed E-state index contributed by atoms with van der Waals surface area (Å²) in [7, 11) is 0. The van der Waals surface area contributed by atoms with Crippen molar-refractivity contribution in [2.75, 3.05) is 6.61 Å². The molecule has 3 aromatic rings. The molecule has 24 heavy (non-hydrogen) atoms. The number of benzene rings is 2. The maximum Gasteiger partial charge on any atom is 0.341 e. The van der Waals surface area contributed by atoms with Crippen LogP contribution >= 0.6 is 23.2 Å². The van der Waals surface area contributed by atoms with Gasteiger partial charge < -0.3 is 9.84 Å². The van der Waals surface area contributed by atoms with Crippen LogP contribution in [0, 0.1) is 0 Å². The highest BCUT2D eigenvalue weighted by Crippen LogP contribution is 2.30. The van der Waals surface area contributed by atoms with Gasteiger partial charge in [-0.25, -0.2) is 9.78 Å². The quantitative estimate of drug-likeness (QED) is 0.721. The lowest BCUT2D eigenvalue weighted by Gasteiger charge is -2.10. The number of aliphatic carboxylic acids is 1. The van der Waals surface area contributed by atoms with Crippen LogP contribution in [0.15, 0.2) is 48.5 Å². The number of rotatable bonds is 5. The Bertz CT molecular complexity index is 895.